The van der Waals surface area contributed by atoms with E-state index < -0.39 is 12.0 Å². The van der Waals surface area contributed by atoms with Crippen LogP contribution in [0, 0.1) is 0 Å². The average Bonchev–Trinajstić information content (AvgIpc) is 3.22. The molecule has 7 nitrogen and oxygen atoms in total. The summed E-state index contributed by atoms with van der Waals surface area (Å²) in [6, 6.07) is 13.0. The third-order valence-electron chi connectivity index (χ3n) is 4.38. The highest BCUT2D eigenvalue weighted by Crippen LogP contribution is 2.26. The van der Waals surface area contributed by atoms with Gasteiger partial charge in [-0.15, -0.1) is 0 Å². The zero-order chi connectivity index (χ0) is 16.7. The van der Waals surface area contributed by atoms with Crippen LogP contribution >= 0.6 is 0 Å². The topological polar surface area (TPSA) is 91.2 Å². The van der Waals surface area contributed by atoms with Gasteiger partial charge in [-0.25, -0.2) is 15.8 Å². The molecule has 7 heteroatoms. The predicted octanol–water partition coefficient (Wildman–Crippen LogP) is 1.35. The summed E-state index contributed by atoms with van der Waals surface area (Å²) in [5.74, 6) is -0.901. The van der Waals surface area contributed by atoms with Gasteiger partial charge in [0, 0.05) is 7.05 Å². The van der Waals surface area contributed by atoms with E-state index in [1.807, 2.05) is 35.9 Å². The van der Waals surface area contributed by atoms with Crippen molar-refractivity contribution in [2.45, 2.75) is 12.1 Å². The summed E-state index contributed by atoms with van der Waals surface area (Å²) >= 11 is 0. The number of aromatic nitrogens is 2. The van der Waals surface area contributed by atoms with Crippen LogP contribution in [0.25, 0.3) is 22.2 Å². The van der Waals surface area contributed by atoms with E-state index in [-0.39, 0.29) is 6.04 Å². The van der Waals surface area contributed by atoms with Crippen molar-refractivity contribution in [1.82, 2.24) is 25.9 Å². The molecular weight excluding hydrogens is 306 g/mol. The van der Waals surface area contributed by atoms with Crippen molar-refractivity contribution in [1.29, 1.82) is 0 Å². The fourth-order valence-electron chi connectivity index (χ4n) is 3.04. The average molecular weight is 323 g/mol. The van der Waals surface area contributed by atoms with Gasteiger partial charge in [0.15, 0.2) is 0 Å². The van der Waals surface area contributed by atoms with Crippen LogP contribution in [0.5, 0.6) is 0 Å². The molecule has 1 saturated heterocycles. The van der Waals surface area contributed by atoms with Crippen molar-refractivity contribution in [3.8, 4) is 11.1 Å². The van der Waals surface area contributed by atoms with Crippen LogP contribution in [0.4, 0.5) is 0 Å². The molecule has 2 aromatic carbocycles. The third kappa shape index (κ3) is 2.44. The Morgan fingerprint density at radius 3 is 2.62 bits per heavy atom. The van der Waals surface area contributed by atoms with Crippen LogP contribution < -0.4 is 16.4 Å². The first-order chi connectivity index (χ1) is 11.6. The maximum Gasteiger partial charge on any atom is 0.324 e. The number of hydrogen-bond donors (Lipinski definition) is 4. The Kier molecular flexibility index (Phi) is 3.53. The number of fused-ring (bicyclic) bond motifs is 1. The Bertz CT molecular complexity index is 903. The number of hydrogen-bond acceptors (Lipinski definition) is 5. The molecule has 0 bridgehead atoms. The van der Waals surface area contributed by atoms with Gasteiger partial charge in [-0.05, 0) is 28.8 Å². The lowest BCUT2D eigenvalue weighted by molar-refractivity contribution is -0.139. The highest BCUT2D eigenvalue weighted by molar-refractivity contribution is 5.82. The minimum atomic E-state index is -0.901. The number of carboxylic acids is 1. The van der Waals surface area contributed by atoms with Crippen LogP contribution in [0.15, 0.2) is 48.8 Å². The number of hydrazine groups is 2. The molecule has 0 amide bonds. The minimum absolute atomic E-state index is 0.324. The zero-order valence-corrected chi connectivity index (χ0v) is 13.0. The number of benzene rings is 2. The van der Waals surface area contributed by atoms with E-state index >= 15 is 0 Å². The van der Waals surface area contributed by atoms with Crippen LogP contribution in [-0.2, 0) is 11.8 Å². The summed E-state index contributed by atoms with van der Waals surface area (Å²) in [5.41, 5.74) is 13.4. The van der Waals surface area contributed by atoms with Gasteiger partial charge in [0.05, 0.1) is 23.4 Å². The molecule has 0 saturated carbocycles. The molecule has 2 atom stereocenters. The Morgan fingerprint density at radius 2 is 1.88 bits per heavy atom. The lowest BCUT2D eigenvalue weighted by atomic mass is 9.97. The molecule has 2 heterocycles. The van der Waals surface area contributed by atoms with E-state index in [9.17, 15) is 9.90 Å². The first-order valence-electron chi connectivity index (χ1n) is 7.64. The Labute approximate surface area is 138 Å². The second kappa shape index (κ2) is 5.72. The molecule has 0 aliphatic carbocycles. The Balaban J connectivity index is 1.64. The fourth-order valence-corrected chi connectivity index (χ4v) is 3.04. The molecule has 4 rings (SSSR count). The van der Waals surface area contributed by atoms with E-state index in [4.69, 9.17) is 0 Å². The molecule has 0 radical (unpaired) electrons. The van der Waals surface area contributed by atoms with Gasteiger partial charge in [0.2, 0.25) is 0 Å². The molecule has 4 N–H and O–H groups in total. The van der Waals surface area contributed by atoms with Gasteiger partial charge >= 0.3 is 5.97 Å². The van der Waals surface area contributed by atoms with Crippen molar-refractivity contribution in [3.63, 3.8) is 0 Å². The van der Waals surface area contributed by atoms with E-state index in [1.165, 1.54) is 0 Å². The van der Waals surface area contributed by atoms with Crippen LogP contribution in [-0.4, -0.2) is 26.7 Å². The molecule has 2 unspecified atom stereocenters. The lowest BCUT2D eigenvalue weighted by Gasteiger charge is -2.15. The van der Waals surface area contributed by atoms with Crippen molar-refractivity contribution < 1.29 is 9.90 Å². The number of rotatable bonds is 3. The zero-order valence-electron chi connectivity index (χ0n) is 13.0. The standard InChI is InChI=1S/C17H17N5O2/c1-22-9-18-13-8-12(6-7-14(13)22)10-2-4-11(5-3-10)15-16(17(23)24)20-21-19-15/h2-9,15-16,19-21H,1H3,(H,23,24). The third-order valence-corrected chi connectivity index (χ3v) is 4.38. The maximum atomic E-state index is 11.2. The highest BCUT2D eigenvalue weighted by Gasteiger charge is 2.33. The first kappa shape index (κ1) is 14.8. The van der Waals surface area contributed by atoms with Crippen molar-refractivity contribution in [2.24, 2.45) is 7.05 Å². The molecule has 1 aliphatic heterocycles. The van der Waals surface area contributed by atoms with Crippen LogP contribution in [0.3, 0.4) is 0 Å². The SMILES string of the molecule is Cn1cnc2cc(-c3ccc(C4NNNC4C(=O)O)cc3)ccc21. The number of aryl methyl sites for hydroxylation is 1. The molecule has 122 valence electrons. The van der Waals surface area contributed by atoms with Crippen LogP contribution in [0.2, 0.25) is 0 Å². The summed E-state index contributed by atoms with van der Waals surface area (Å²) in [6.07, 6.45) is 1.80. The van der Waals surface area contributed by atoms with E-state index in [0.29, 0.717) is 0 Å². The molecule has 1 fully saturated rings. The number of carboxylic acid groups (broad SMARTS) is 1. The van der Waals surface area contributed by atoms with Crippen molar-refractivity contribution in [2.75, 3.05) is 0 Å². The minimum Gasteiger partial charge on any atom is -0.480 e. The lowest BCUT2D eigenvalue weighted by Crippen LogP contribution is -2.38. The summed E-state index contributed by atoms with van der Waals surface area (Å²) in [4.78, 5) is 15.6. The van der Waals surface area contributed by atoms with Crippen molar-refractivity contribution >= 4 is 17.0 Å². The monoisotopic (exact) mass is 323 g/mol. The molecule has 1 aliphatic rings. The predicted molar refractivity (Wildman–Crippen MR) is 89.7 cm³/mol. The Hall–Kier alpha value is -2.74. The quantitative estimate of drug-likeness (QED) is 0.582. The summed E-state index contributed by atoms with van der Waals surface area (Å²) in [5, 5.41) is 9.23. The second-order valence-corrected chi connectivity index (χ2v) is 5.89. The number of nitrogens with one attached hydrogen (secondary N) is 3. The smallest absolute Gasteiger partial charge is 0.324 e. The first-order valence-corrected chi connectivity index (χ1v) is 7.64. The van der Waals surface area contributed by atoms with E-state index in [2.05, 4.69) is 39.6 Å². The number of nitrogens with zero attached hydrogens (tertiary/aromatic N) is 2. The normalized spacial score (nSPS) is 20.5. The molecular formula is C17H17N5O2. The summed E-state index contributed by atoms with van der Waals surface area (Å²) in [6.45, 7) is 0. The van der Waals surface area contributed by atoms with Gasteiger partial charge in [-0.3, -0.25) is 4.79 Å². The summed E-state index contributed by atoms with van der Waals surface area (Å²) < 4.78 is 1.99. The molecule has 0 spiro atoms. The number of carbonyl (C=O) groups is 1. The number of imidazole rings is 1. The maximum absolute atomic E-state index is 11.2. The van der Waals surface area contributed by atoms with Crippen LogP contribution in [0.1, 0.15) is 11.6 Å². The summed E-state index contributed by atoms with van der Waals surface area (Å²) in [7, 11) is 1.97. The van der Waals surface area contributed by atoms with E-state index in [1.54, 1.807) is 6.33 Å². The van der Waals surface area contributed by atoms with Gasteiger partial charge < -0.3 is 9.67 Å². The number of aliphatic carboxylic acids is 1. The molecule has 3 aromatic rings. The largest absolute Gasteiger partial charge is 0.480 e. The fraction of sp³-hybridized carbons (Fsp3) is 0.176. The van der Waals surface area contributed by atoms with Gasteiger partial charge in [0.1, 0.15) is 6.04 Å². The van der Waals surface area contributed by atoms with E-state index in [0.717, 1.165) is 27.7 Å². The van der Waals surface area contributed by atoms with Gasteiger partial charge in [0.25, 0.3) is 0 Å². The van der Waals surface area contributed by atoms with Gasteiger partial charge in [-0.1, -0.05) is 30.3 Å². The highest BCUT2D eigenvalue weighted by atomic mass is 16.4. The molecule has 24 heavy (non-hydrogen) atoms. The Morgan fingerprint density at radius 1 is 1.12 bits per heavy atom. The molecule has 1 aromatic heterocycles. The van der Waals surface area contributed by atoms with Crippen molar-refractivity contribution in [3.05, 3.63) is 54.4 Å². The second-order valence-electron chi connectivity index (χ2n) is 5.89. The van der Waals surface area contributed by atoms with Gasteiger partial charge in [-0.2, -0.15) is 5.53 Å².